The van der Waals surface area contributed by atoms with Crippen molar-refractivity contribution in [1.82, 2.24) is 4.90 Å². The van der Waals surface area contributed by atoms with Crippen molar-refractivity contribution >= 4 is 5.91 Å². The van der Waals surface area contributed by atoms with Crippen molar-refractivity contribution in [3.63, 3.8) is 0 Å². The lowest BCUT2D eigenvalue weighted by Gasteiger charge is -2.45. The van der Waals surface area contributed by atoms with Crippen molar-refractivity contribution in [2.45, 2.75) is 83.9 Å². The molecule has 0 radical (unpaired) electrons. The number of amides is 1. The van der Waals surface area contributed by atoms with Crippen LogP contribution in [0.2, 0.25) is 0 Å². The van der Waals surface area contributed by atoms with E-state index < -0.39 is 6.23 Å². The summed E-state index contributed by atoms with van der Waals surface area (Å²) in [5, 5.41) is 11.0. The Bertz CT molecular complexity index is 910. The normalized spacial score (nSPS) is 22.3. The van der Waals surface area contributed by atoms with E-state index in [1.807, 2.05) is 41.3 Å². The van der Waals surface area contributed by atoms with E-state index in [0.717, 1.165) is 35.3 Å². The van der Waals surface area contributed by atoms with Crippen LogP contribution in [0.3, 0.4) is 0 Å². The number of hydrogen-bond acceptors (Lipinski definition) is 3. The smallest absolute Gasteiger partial charge is 0.226 e. The number of phenolic OH excluding ortho intramolecular Hbond substituents is 1. The lowest BCUT2D eigenvalue weighted by atomic mass is 9.83. The first kappa shape index (κ1) is 21.7. The first-order chi connectivity index (χ1) is 15.0. The highest BCUT2D eigenvalue weighted by Gasteiger charge is 2.43. The Morgan fingerprint density at radius 1 is 1.16 bits per heavy atom. The van der Waals surface area contributed by atoms with E-state index in [0.29, 0.717) is 18.3 Å². The summed E-state index contributed by atoms with van der Waals surface area (Å²) in [5.41, 5.74) is 2.86. The summed E-state index contributed by atoms with van der Waals surface area (Å²) in [6.07, 6.45) is 6.69. The highest BCUT2D eigenvalue weighted by atomic mass is 16.5. The fraction of sp³-hybridized carbons (Fsp3) is 0.519. The number of nitrogens with zero attached hydrogens (tertiary/aromatic N) is 1. The Labute approximate surface area is 186 Å². The van der Waals surface area contributed by atoms with Gasteiger partial charge in [-0.25, -0.2) is 0 Å². The number of carbonyl (C=O) groups is 1. The fourth-order valence-electron chi connectivity index (χ4n) is 5.11. The van der Waals surface area contributed by atoms with Gasteiger partial charge in [0.05, 0.1) is 11.6 Å². The van der Waals surface area contributed by atoms with Gasteiger partial charge >= 0.3 is 0 Å². The maximum atomic E-state index is 12.9. The number of rotatable bonds is 7. The van der Waals surface area contributed by atoms with Gasteiger partial charge in [0, 0.05) is 12.0 Å². The molecule has 31 heavy (non-hydrogen) atoms. The van der Waals surface area contributed by atoms with E-state index in [1.54, 1.807) is 0 Å². The van der Waals surface area contributed by atoms with E-state index in [2.05, 4.69) is 26.8 Å². The number of hydrogen-bond donors (Lipinski definition) is 1. The second-order valence-electron chi connectivity index (χ2n) is 9.30. The largest absolute Gasteiger partial charge is 0.507 e. The molecule has 0 spiro atoms. The molecule has 2 heterocycles. The third kappa shape index (κ3) is 4.30. The predicted octanol–water partition coefficient (Wildman–Crippen LogP) is 6.86. The molecule has 2 aromatic carbocycles. The average Bonchev–Trinajstić information content (AvgIpc) is 2.78. The van der Waals surface area contributed by atoms with Gasteiger partial charge in [-0.2, -0.15) is 0 Å². The Hall–Kier alpha value is -2.49. The molecule has 4 unspecified atom stereocenters. The molecule has 0 bridgehead atoms. The summed E-state index contributed by atoms with van der Waals surface area (Å²) in [4.78, 5) is 14.7. The summed E-state index contributed by atoms with van der Waals surface area (Å²) in [5.74, 6) is 1.95. The zero-order valence-corrected chi connectivity index (χ0v) is 19.0. The number of benzene rings is 2. The lowest BCUT2D eigenvalue weighted by molar-refractivity contribution is -0.151. The molecule has 1 saturated heterocycles. The molecule has 4 heteroatoms. The minimum atomic E-state index is -0.446. The molecule has 0 aliphatic carbocycles. The van der Waals surface area contributed by atoms with Gasteiger partial charge < -0.3 is 9.84 Å². The Morgan fingerprint density at radius 2 is 1.94 bits per heavy atom. The number of ether oxygens (including phenoxy) is 1. The van der Waals surface area contributed by atoms with Crippen LogP contribution in [0, 0.1) is 5.92 Å². The van der Waals surface area contributed by atoms with E-state index in [4.69, 9.17) is 4.74 Å². The maximum absolute atomic E-state index is 12.9. The predicted molar refractivity (Wildman–Crippen MR) is 123 cm³/mol. The highest BCUT2D eigenvalue weighted by Crippen LogP contribution is 2.51. The molecule has 2 aliphatic rings. The van der Waals surface area contributed by atoms with Crippen LogP contribution in [0.4, 0.5) is 0 Å². The number of aromatic hydroxyl groups is 1. The summed E-state index contributed by atoms with van der Waals surface area (Å²) >= 11 is 0. The monoisotopic (exact) mass is 421 g/mol. The molecule has 4 atom stereocenters. The Morgan fingerprint density at radius 3 is 2.68 bits per heavy atom. The molecule has 1 fully saturated rings. The van der Waals surface area contributed by atoms with E-state index in [1.165, 1.54) is 25.7 Å². The van der Waals surface area contributed by atoms with Crippen molar-refractivity contribution in [1.29, 1.82) is 0 Å². The van der Waals surface area contributed by atoms with E-state index in [9.17, 15) is 9.90 Å². The van der Waals surface area contributed by atoms with Gasteiger partial charge in [-0.15, -0.1) is 0 Å². The minimum Gasteiger partial charge on any atom is -0.507 e. The number of fused-ring (bicyclic) bond motifs is 3. The lowest BCUT2D eigenvalue weighted by Crippen LogP contribution is -2.45. The zero-order valence-electron chi connectivity index (χ0n) is 19.0. The van der Waals surface area contributed by atoms with Crippen molar-refractivity contribution in [3.05, 3.63) is 59.2 Å². The van der Waals surface area contributed by atoms with Crippen LogP contribution < -0.4 is 4.74 Å². The van der Waals surface area contributed by atoms with Gasteiger partial charge in [0.2, 0.25) is 12.1 Å². The van der Waals surface area contributed by atoms with Gasteiger partial charge in [-0.3, -0.25) is 9.69 Å². The molecule has 2 aromatic rings. The third-order valence-corrected chi connectivity index (χ3v) is 7.19. The average molecular weight is 422 g/mol. The van der Waals surface area contributed by atoms with Gasteiger partial charge in [0.15, 0.2) is 0 Å². The number of carbonyl (C=O) groups excluding carboxylic acids is 1. The van der Waals surface area contributed by atoms with Crippen molar-refractivity contribution in [3.8, 4) is 11.5 Å². The number of piperidine rings is 1. The van der Waals surface area contributed by atoms with Crippen LogP contribution in [-0.4, -0.2) is 15.9 Å². The van der Waals surface area contributed by atoms with Gasteiger partial charge in [-0.05, 0) is 42.4 Å². The van der Waals surface area contributed by atoms with Gasteiger partial charge in [0.25, 0.3) is 0 Å². The molecule has 166 valence electrons. The molecule has 2 aliphatic heterocycles. The Balaban J connectivity index is 1.69. The van der Waals surface area contributed by atoms with Crippen molar-refractivity contribution in [2.75, 3.05) is 0 Å². The van der Waals surface area contributed by atoms with E-state index in [-0.39, 0.29) is 17.7 Å². The second kappa shape index (κ2) is 9.33. The van der Waals surface area contributed by atoms with Gasteiger partial charge in [0.1, 0.15) is 11.5 Å². The molecule has 4 nitrogen and oxygen atoms in total. The molecule has 0 aromatic heterocycles. The topological polar surface area (TPSA) is 49.8 Å². The van der Waals surface area contributed by atoms with E-state index >= 15 is 0 Å². The minimum absolute atomic E-state index is 0.0946. The molecule has 1 N–H and O–H groups in total. The zero-order chi connectivity index (χ0) is 22.0. The van der Waals surface area contributed by atoms with Crippen LogP contribution >= 0.6 is 0 Å². The van der Waals surface area contributed by atoms with Gasteiger partial charge in [-0.1, -0.05) is 76.8 Å². The number of phenols is 1. The molecule has 0 saturated carbocycles. The maximum Gasteiger partial charge on any atom is 0.226 e. The summed E-state index contributed by atoms with van der Waals surface area (Å²) < 4.78 is 6.45. The highest BCUT2D eigenvalue weighted by molar-refractivity contribution is 5.79. The van der Waals surface area contributed by atoms with Crippen LogP contribution in [0.1, 0.15) is 101 Å². The quantitative estimate of drug-likeness (QED) is 0.497. The van der Waals surface area contributed by atoms with Crippen LogP contribution in [0.5, 0.6) is 11.5 Å². The Kier molecular flexibility index (Phi) is 6.54. The standard InChI is InChI=1S/C27H35NO3/c1-4-5-7-11-18(2)19(3)21-16-23(29)26-22-14-10-15-25(30)28(22)27(31-24(26)17-21)20-12-8-6-9-13-20/h6,8-9,12-13,16-19,22,27,29H,4-5,7,10-11,14-15H2,1-3H3. The summed E-state index contributed by atoms with van der Waals surface area (Å²) in [6.45, 7) is 6.77. The molecular formula is C27H35NO3. The summed E-state index contributed by atoms with van der Waals surface area (Å²) in [7, 11) is 0. The first-order valence-electron chi connectivity index (χ1n) is 11.9. The number of unbranched alkanes of at least 4 members (excludes halogenated alkanes) is 2. The fourth-order valence-corrected chi connectivity index (χ4v) is 5.11. The van der Waals surface area contributed by atoms with Crippen molar-refractivity contribution in [2.24, 2.45) is 5.92 Å². The SMILES string of the molecule is CCCCCC(C)C(C)c1cc(O)c2c(c1)OC(c1ccccc1)N1C(=O)CCCC21. The summed E-state index contributed by atoms with van der Waals surface area (Å²) in [6, 6.07) is 13.8. The molecular weight excluding hydrogens is 386 g/mol. The molecule has 1 amide bonds. The van der Waals surface area contributed by atoms with Crippen LogP contribution in [0.25, 0.3) is 0 Å². The third-order valence-electron chi connectivity index (χ3n) is 7.19. The second-order valence-corrected chi connectivity index (χ2v) is 9.30. The van der Waals surface area contributed by atoms with Crippen LogP contribution in [-0.2, 0) is 4.79 Å². The van der Waals surface area contributed by atoms with Crippen LogP contribution in [0.15, 0.2) is 42.5 Å². The van der Waals surface area contributed by atoms with Crippen molar-refractivity contribution < 1.29 is 14.6 Å². The molecule has 4 rings (SSSR count). The first-order valence-corrected chi connectivity index (χ1v) is 11.9.